The zero-order valence-electron chi connectivity index (χ0n) is 14.3. The standard InChI is InChI=1S/C17H28N4S.HI/c1-18-17(20-12-16-8-5-9-22-16)19-11-14-6-4-7-15(10-14)13-21(2)3;/h4,6-7,10,16H,5,8-9,11-13H2,1-3H3,(H2,18,19,20);1H. The number of thioether (sulfide) groups is 1. The quantitative estimate of drug-likeness (QED) is 0.399. The second-order valence-electron chi connectivity index (χ2n) is 6.00. The van der Waals surface area contributed by atoms with Crippen LogP contribution in [0.15, 0.2) is 29.3 Å². The first-order chi connectivity index (χ1) is 10.7. The lowest BCUT2D eigenvalue weighted by molar-refractivity contribution is 0.402. The number of benzene rings is 1. The minimum atomic E-state index is 0. The van der Waals surface area contributed by atoms with Gasteiger partial charge in [0.25, 0.3) is 0 Å². The largest absolute Gasteiger partial charge is 0.355 e. The normalized spacial score (nSPS) is 17.9. The number of guanidine groups is 1. The van der Waals surface area contributed by atoms with Crippen molar-refractivity contribution in [2.24, 2.45) is 4.99 Å². The van der Waals surface area contributed by atoms with Gasteiger partial charge in [0.1, 0.15) is 0 Å². The van der Waals surface area contributed by atoms with Crippen LogP contribution in [-0.4, -0.2) is 49.6 Å². The molecular formula is C17H29IN4S. The number of aliphatic imine (C=N–C) groups is 1. The highest BCUT2D eigenvalue weighted by Gasteiger charge is 2.15. The van der Waals surface area contributed by atoms with Gasteiger partial charge in [0.2, 0.25) is 0 Å². The second-order valence-corrected chi connectivity index (χ2v) is 7.41. The number of hydrogen-bond donors (Lipinski definition) is 2. The van der Waals surface area contributed by atoms with Gasteiger partial charge in [0, 0.05) is 31.9 Å². The van der Waals surface area contributed by atoms with Crippen molar-refractivity contribution in [3.63, 3.8) is 0 Å². The van der Waals surface area contributed by atoms with E-state index < -0.39 is 0 Å². The van der Waals surface area contributed by atoms with Crippen molar-refractivity contribution in [1.82, 2.24) is 15.5 Å². The molecule has 0 aromatic heterocycles. The Hall–Kier alpha value is -0.470. The molecule has 1 heterocycles. The van der Waals surface area contributed by atoms with E-state index in [1.807, 2.05) is 7.05 Å². The molecule has 0 radical (unpaired) electrons. The summed E-state index contributed by atoms with van der Waals surface area (Å²) < 4.78 is 0. The molecule has 0 amide bonds. The third kappa shape index (κ3) is 7.76. The molecule has 0 aliphatic carbocycles. The second kappa shape index (κ2) is 11.1. The molecule has 1 fully saturated rings. The average Bonchev–Trinajstić information content (AvgIpc) is 3.00. The van der Waals surface area contributed by atoms with Crippen molar-refractivity contribution in [3.8, 4) is 0 Å². The molecule has 4 nitrogen and oxygen atoms in total. The van der Waals surface area contributed by atoms with E-state index >= 15 is 0 Å². The highest BCUT2D eigenvalue weighted by atomic mass is 127. The zero-order chi connectivity index (χ0) is 15.8. The predicted molar refractivity (Wildman–Crippen MR) is 113 cm³/mol. The van der Waals surface area contributed by atoms with Gasteiger partial charge in [-0.3, -0.25) is 4.99 Å². The molecule has 1 unspecified atom stereocenters. The fourth-order valence-electron chi connectivity index (χ4n) is 2.63. The number of rotatable bonds is 6. The average molecular weight is 448 g/mol. The summed E-state index contributed by atoms with van der Waals surface area (Å²) in [6.07, 6.45) is 2.67. The van der Waals surface area contributed by atoms with E-state index in [2.05, 4.69) is 70.6 Å². The molecule has 6 heteroatoms. The van der Waals surface area contributed by atoms with Crippen LogP contribution in [0.3, 0.4) is 0 Å². The van der Waals surface area contributed by atoms with Gasteiger partial charge in [-0.1, -0.05) is 24.3 Å². The summed E-state index contributed by atoms with van der Waals surface area (Å²) in [5.74, 6) is 2.20. The first kappa shape index (κ1) is 20.6. The Balaban J connectivity index is 0.00000264. The van der Waals surface area contributed by atoms with E-state index in [4.69, 9.17) is 0 Å². The van der Waals surface area contributed by atoms with Gasteiger partial charge in [-0.2, -0.15) is 11.8 Å². The molecule has 0 saturated carbocycles. The molecule has 0 bridgehead atoms. The first-order valence-corrected chi connectivity index (χ1v) is 9.01. The van der Waals surface area contributed by atoms with Gasteiger partial charge in [-0.15, -0.1) is 24.0 Å². The number of hydrogen-bond acceptors (Lipinski definition) is 3. The SMILES string of the molecule is CN=C(NCc1cccc(CN(C)C)c1)NCC1CCCS1.I. The van der Waals surface area contributed by atoms with Gasteiger partial charge in [0.05, 0.1) is 0 Å². The van der Waals surface area contributed by atoms with E-state index in [1.54, 1.807) is 0 Å². The van der Waals surface area contributed by atoms with Crippen LogP contribution in [0.1, 0.15) is 24.0 Å². The summed E-state index contributed by atoms with van der Waals surface area (Å²) in [6, 6.07) is 8.72. The van der Waals surface area contributed by atoms with E-state index in [0.717, 1.165) is 30.8 Å². The Bertz CT molecular complexity index is 487. The lowest BCUT2D eigenvalue weighted by atomic mass is 10.1. The minimum absolute atomic E-state index is 0. The summed E-state index contributed by atoms with van der Waals surface area (Å²) in [6.45, 7) is 2.78. The van der Waals surface area contributed by atoms with E-state index in [1.165, 1.54) is 29.7 Å². The van der Waals surface area contributed by atoms with Gasteiger partial charge in [-0.25, -0.2) is 0 Å². The summed E-state index contributed by atoms with van der Waals surface area (Å²) in [5, 5.41) is 7.58. The molecule has 23 heavy (non-hydrogen) atoms. The lowest BCUT2D eigenvalue weighted by Gasteiger charge is -2.15. The van der Waals surface area contributed by atoms with Crippen molar-refractivity contribution < 1.29 is 0 Å². The molecular weight excluding hydrogens is 419 g/mol. The van der Waals surface area contributed by atoms with Crippen LogP contribution >= 0.6 is 35.7 Å². The minimum Gasteiger partial charge on any atom is -0.355 e. The Kier molecular flexibility index (Phi) is 9.97. The molecule has 1 aliphatic heterocycles. The fourth-order valence-corrected chi connectivity index (χ4v) is 3.83. The van der Waals surface area contributed by atoms with Crippen molar-refractivity contribution in [2.45, 2.75) is 31.2 Å². The maximum absolute atomic E-state index is 4.31. The lowest BCUT2D eigenvalue weighted by Crippen LogP contribution is -2.39. The summed E-state index contributed by atoms with van der Waals surface area (Å²) >= 11 is 2.07. The van der Waals surface area contributed by atoms with Crippen LogP contribution in [0.25, 0.3) is 0 Å². The maximum atomic E-state index is 4.31. The maximum Gasteiger partial charge on any atom is 0.191 e. The van der Waals surface area contributed by atoms with Crippen molar-refractivity contribution >= 4 is 41.7 Å². The molecule has 1 saturated heterocycles. The highest BCUT2D eigenvalue weighted by Crippen LogP contribution is 2.25. The topological polar surface area (TPSA) is 39.7 Å². The van der Waals surface area contributed by atoms with Crippen LogP contribution < -0.4 is 10.6 Å². The van der Waals surface area contributed by atoms with Crippen LogP contribution in [0, 0.1) is 0 Å². The molecule has 1 aliphatic rings. The molecule has 1 atom stereocenters. The molecule has 2 N–H and O–H groups in total. The molecule has 2 rings (SSSR count). The Morgan fingerprint density at radius 1 is 1.30 bits per heavy atom. The Labute approximate surface area is 161 Å². The monoisotopic (exact) mass is 448 g/mol. The third-order valence-corrected chi connectivity index (χ3v) is 5.09. The van der Waals surface area contributed by atoms with Gasteiger partial charge in [0.15, 0.2) is 5.96 Å². The predicted octanol–water partition coefficient (Wildman–Crippen LogP) is 2.93. The molecule has 0 spiro atoms. The van der Waals surface area contributed by atoms with Crippen molar-refractivity contribution in [3.05, 3.63) is 35.4 Å². The Morgan fingerprint density at radius 2 is 2.09 bits per heavy atom. The van der Waals surface area contributed by atoms with Crippen molar-refractivity contribution in [1.29, 1.82) is 0 Å². The van der Waals surface area contributed by atoms with E-state index in [-0.39, 0.29) is 24.0 Å². The number of halogens is 1. The van der Waals surface area contributed by atoms with E-state index in [9.17, 15) is 0 Å². The van der Waals surface area contributed by atoms with Gasteiger partial charge in [-0.05, 0) is 43.8 Å². The van der Waals surface area contributed by atoms with Crippen molar-refractivity contribution in [2.75, 3.05) is 33.4 Å². The summed E-state index contributed by atoms with van der Waals surface area (Å²) in [5.41, 5.74) is 2.63. The summed E-state index contributed by atoms with van der Waals surface area (Å²) in [7, 11) is 6.02. The molecule has 1 aromatic carbocycles. The number of nitrogens with one attached hydrogen (secondary N) is 2. The Morgan fingerprint density at radius 3 is 2.74 bits per heavy atom. The van der Waals surface area contributed by atoms with Gasteiger partial charge < -0.3 is 15.5 Å². The molecule has 130 valence electrons. The summed E-state index contributed by atoms with van der Waals surface area (Å²) in [4.78, 5) is 6.50. The first-order valence-electron chi connectivity index (χ1n) is 7.96. The van der Waals surface area contributed by atoms with Crippen LogP contribution in [0.2, 0.25) is 0 Å². The molecule has 1 aromatic rings. The fraction of sp³-hybridized carbons (Fsp3) is 0.588. The van der Waals surface area contributed by atoms with Crippen LogP contribution in [0.5, 0.6) is 0 Å². The third-order valence-electron chi connectivity index (χ3n) is 3.69. The van der Waals surface area contributed by atoms with E-state index in [0.29, 0.717) is 0 Å². The van der Waals surface area contributed by atoms with Crippen LogP contribution in [-0.2, 0) is 13.1 Å². The van der Waals surface area contributed by atoms with Crippen LogP contribution in [0.4, 0.5) is 0 Å². The van der Waals surface area contributed by atoms with Gasteiger partial charge >= 0.3 is 0 Å². The number of nitrogens with zero attached hydrogens (tertiary/aromatic N) is 2. The zero-order valence-corrected chi connectivity index (χ0v) is 17.5. The highest BCUT2D eigenvalue weighted by molar-refractivity contribution is 14.0. The smallest absolute Gasteiger partial charge is 0.191 e.